The maximum atomic E-state index is 13.7. The third-order valence-electron chi connectivity index (χ3n) is 9.86. The zero-order valence-corrected chi connectivity index (χ0v) is 33.6. The summed E-state index contributed by atoms with van der Waals surface area (Å²) < 4.78 is 0. The fraction of sp³-hybridized carbons (Fsp3) is 0.632. The number of carboxylic acid groups (broad SMARTS) is 1. The summed E-state index contributed by atoms with van der Waals surface area (Å²) in [6.45, 7) is 7.26. The number of nitrogens with zero attached hydrogens (tertiary/aromatic N) is 1. The fourth-order valence-electron chi connectivity index (χ4n) is 6.32. The monoisotopic (exact) mass is 820 g/mol. The third-order valence-corrected chi connectivity index (χ3v) is 9.86. The molecule has 20 heteroatoms. The molecule has 1 fully saturated rings. The Morgan fingerprint density at radius 3 is 1.90 bits per heavy atom. The van der Waals surface area contributed by atoms with Crippen LogP contribution in [0.1, 0.15) is 78.7 Å². The summed E-state index contributed by atoms with van der Waals surface area (Å²) in [6, 6.07) is -3.46. The molecule has 1 aromatic carbocycles. The van der Waals surface area contributed by atoms with Gasteiger partial charge in [-0.15, -0.1) is 0 Å². The van der Waals surface area contributed by atoms with Gasteiger partial charge >= 0.3 is 5.97 Å². The summed E-state index contributed by atoms with van der Waals surface area (Å²) in [5.41, 5.74) is 12.0. The number of aliphatic hydroxyl groups is 2. The van der Waals surface area contributed by atoms with E-state index in [4.69, 9.17) is 11.5 Å². The van der Waals surface area contributed by atoms with Crippen molar-refractivity contribution in [2.45, 2.75) is 128 Å². The van der Waals surface area contributed by atoms with E-state index in [2.05, 4.69) is 26.6 Å². The van der Waals surface area contributed by atoms with Gasteiger partial charge < -0.3 is 63.4 Å². The highest BCUT2D eigenvalue weighted by atomic mass is 16.4. The quantitative estimate of drug-likeness (QED) is 0.0544. The predicted molar refractivity (Wildman–Crippen MR) is 208 cm³/mol. The van der Waals surface area contributed by atoms with Crippen LogP contribution in [0.4, 0.5) is 0 Å². The summed E-state index contributed by atoms with van der Waals surface area (Å²) in [7, 11) is 0. The SMILES string of the molecule is CC[C@H](C)[C@H](NC(=O)[C@@H](N)Cc1ccc(O)cc1)C(=O)N[C@@H](CO)C(=O)N[C@H](C(=O)N[C@@H](CC(C)C)C(=O)N[C@@H](CCC(N)=O)C(=O)N1CCC[C@H]1C(=O)O)[C@@H](C)O. The summed E-state index contributed by atoms with van der Waals surface area (Å²) in [6.07, 6.45) is -1.02. The molecule has 1 aliphatic heterocycles. The zero-order valence-electron chi connectivity index (χ0n) is 33.6. The standard InChI is InChI=1S/C38H60N8O12/c1-6-20(4)30(44-32(51)24(39)17-22-9-11-23(49)12-10-22)35(54)43-27(18-47)34(53)45-31(21(5)48)36(55)42-26(16-19(2)3)33(52)41-25(13-14-29(40)50)37(56)46-15-7-8-28(46)38(57)58/h9-12,19-21,24-28,30-31,47-49H,6-8,13-18,39H2,1-5H3,(H2,40,50)(H,41,52)(H,42,55)(H,43,54)(H,44,51)(H,45,53)(H,57,58)/t20-,21+,24-,25-,26-,27-,28-,30-,31-/m0/s1. The first-order valence-corrected chi connectivity index (χ1v) is 19.4. The lowest BCUT2D eigenvalue weighted by Crippen LogP contribution is -2.62. The Kier molecular flexibility index (Phi) is 19.5. The summed E-state index contributed by atoms with van der Waals surface area (Å²) >= 11 is 0. The smallest absolute Gasteiger partial charge is 0.326 e. The molecule has 1 saturated heterocycles. The van der Waals surface area contributed by atoms with Crippen LogP contribution in [0.15, 0.2) is 24.3 Å². The van der Waals surface area contributed by atoms with Gasteiger partial charge in [-0.3, -0.25) is 33.6 Å². The normalized spacial score (nSPS) is 18.0. The fourth-order valence-corrected chi connectivity index (χ4v) is 6.32. The number of primary amides is 1. The van der Waals surface area contributed by atoms with Crippen LogP contribution in [0.25, 0.3) is 0 Å². The van der Waals surface area contributed by atoms with Gasteiger partial charge in [0.2, 0.25) is 41.4 Å². The van der Waals surface area contributed by atoms with Crippen molar-refractivity contribution in [3.63, 3.8) is 0 Å². The number of nitrogens with two attached hydrogens (primary N) is 2. The molecule has 0 bridgehead atoms. The maximum Gasteiger partial charge on any atom is 0.326 e. The van der Waals surface area contributed by atoms with Crippen molar-refractivity contribution < 1.29 is 58.8 Å². The molecule has 1 aliphatic rings. The number of carboxylic acids is 1. The van der Waals surface area contributed by atoms with Gasteiger partial charge in [-0.25, -0.2) is 4.79 Å². The first-order chi connectivity index (χ1) is 27.2. The third kappa shape index (κ3) is 14.9. The minimum Gasteiger partial charge on any atom is -0.508 e. The number of aromatic hydroxyl groups is 1. The number of aliphatic hydroxyl groups excluding tert-OH is 2. The van der Waals surface area contributed by atoms with E-state index < -0.39 is 108 Å². The number of rotatable bonds is 23. The summed E-state index contributed by atoms with van der Waals surface area (Å²) in [5, 5.41) is 52.0. The van der Waals surface area contributed by atoms with Crippen LogP contribution in [0.3, 0.4) is 0 Å². The minimum absolute atomic E-state index is 0.00683. The second-order valence-electron chi connectivity index (χ2n) is 15.1. The number of aliphatic carboxylic acids is 1. The van der Waals surface area contributed by atoms with Crippen molar-refractivity contribution in [3.8, 4) is 5.75 Å². The highest BCUT2D eigenvalue weighted by Gasteiger charge is 2.39. The number of likely N-dealkylation sites (tertiary alicyclic amines) is 1. The van der Waals surface area contributed by atoms with Crippen LogP contribution in [0.5, 0.6) is 5.75 Å². The number of hydrogen-bond acceptors (Lipinski definition) is 12. The van der Waals surface area contributed by atoms with E-state index in [1.54, 1.807) is 39.8 Å². The molecule has 0 saturated carbocycles. The second kappa shape index (κ2) is 23.2. The van der Waals surface area contributed by atoms with Crippen LogP contribution in [0.2, 0.25) is 0 Å². The van der Waals surface area contributed by atoms with Gasteiger partial charge in [-0.2, -0.15) is 0 Å². The molecule has 0 radical (unpaired) electrons. The van der Waals surface area contributed by atoms with E-state index >= 15 is 0 Å². The molecule has 1 aromatic rings. The Bertz CT molecular complexity index is 1610. The average Bonchev–Trinajstić information content (AvgIpc) is 3.66. The van der Waals surface area contributed by atoms with Crippen molar-refractivity contribution in [2.75, 3.05) is 13.2 Å². The molecule has 0 aliphatic carbocycles. The number of phenols is 1. The number of phenolic OH excluding ortho intramolecular Hbond substituents is 1. The average molecular weight is 821 g/mol. The molecule has 0 spiro atoms. The first-order valence-electron chi connectivity index (χ1n) is 19.4. The molecule has 13 N–H and O–H groups in total. The topological polar surface area (TPSA) is 333 Å². The van der Waals surface area contributed by atoms with Crippen molar-refractivity contribution >= 4 is 47.3 Å². The van der Waals surface area contributed by atoms with Gasteiger partial charge in [0, 0.05) is 13.0 Å². The molecule has 324 valence electrons. The van der Waals surface area contributed by atoms with Crippen LogP contribution in [0, 0.1) is 11.8 Å². The van der Waals surface area contributed by atoms with Gasteiger partial charge in [0.15, 0.2) is 0 Å². The molecule has 2 rings (SSSR count). The Morgan fingerprint density at radius 1 is 0.810 bits per heavy atom. The second-order valence-corrected chi connectivity index (χ2v) is 15.1. The minimum atomic E-state index is -1.72. The lowest BCUT2D eigenvalue weighted by molar-refractivity contribution is -0.149. The zero-order chi connectivity index (χ0) is 43.9. The van der Waals surface area contributed by atoms with Gasteiger partial charge in [-0.1, -0.05) is 46.2 Å². The predicted octanol–water partition coefficient (Wildman–Crippen LogP) is -2.51. The first kappa shape index (κ1) is 48.8. The van der Waals surface area contributed by atoms with Crippen LogP contribution in [-0.2, 0) is 44.8 Å². The number of carbonyl (C=O) groups excluding carboxylic acids is 7. The maximum absolute atomic E-state index is 13.7. The van der Waals surface area contributed by atoms with E-state index in [0.29, 0.717) is 18.4 Å². The van der Waals surface area contributed by atoms with E-state index in [1.807, 2.05) is 0 Å². The molecule has 0 unspecified atom stereocenters. The lowest BCUT2D eigenvalue weighted by Gasteiger charge is -2.30. The lowest BCUT2D eigenvalue weighted by atomic mass is 9.97. The van der Waals surface area contributed by atoms with Crippen LogP contribution in [-0.4, -0.2) is 134 Å². The van der Waals surface area contributed by atoms with Crippen LogP contribution < -0.4 is 38.1 Å². The molecular weight excluding hydrogens is 760 g/mol. The van der Waals surface area contributed by atoms with E-state index in [1.165, 1.54) is 19.1 Å². The number of benzene rings is 1. The molecule has 1 heterocycles. The Balaban J connectivity index is 2.20. The van der Waals surface area contributed by atoms with Gasteiger partial charge in [0.1, 0.15) is 42.0 Å². The molecule has 20 nitrogen and oxygen atoms in total. The summed E-state index contributed by atoms with van der Waals surface area (Å²) in [4.78, 5) is 105. The largest absolute Gasteiger partial charge is 0.508 e. The Labute approximate surface area is 337 Å². The Hall–Kier alpha value is -5.34. The summed E-state index contributed by atoms with van der Waals surface area (Å²) in [5.74, 6) is -7.90. The van der Waals surface area contributed by atoms with E-state index in [-0.39, 0.29) is 50.3 Å². The number of carbonyl (C=O) groups is 8. The molecular formula is C38H60N8O12. The number of hydrogen-bond donors (Lipinski definition) is 11. The van der Waals surface area contributed by atoms with E-state index in [0.717, 1.165) is 4.90 Å². The highest BCUT2D eigenvalue weighted by Crippen LogP contribution is 2.20. The molecule has 58 heavy (non-hydrogen) atoms. The van der Waals surface area contributed by atoms with Crippen LogP contribution >= 0.6 is 0 Å². The van der Waals surface area contributed by atoms with Crippen molar-refractivity contribution in [3.05, 3.63) is 29.8 Å². The molecule has 0 aromatic heterocycles. The Morgan fingerprint density at radius 2 is 1.36 bits per heavy atom. The van der Waals surface area contributed by atoms with E-state index in [9.17, 15) is 58.8 Å². The van der Waals surface area contributed by atoms with Crippen molar-refractivity contribution in [2.24, 2.45) is 23.3 Å². The van der Waals surface area contributed by atoms with Crippen molar-refractivity contribution in [1.82, 2.24) is 31.5 Å². The number of nitrogens with one attached hydrogen (secondary N) is 5. The van der Waals surface area contributed by atoms with Crippen molar-refractivity contribution in [1.29, 1.82) is 0 Å². The molecule has 7 amide bonds. The van der Waals surface area contributed by atoms with Gasteiger partial charge in [0.05, 0.1) is 18.8 Å². The molecule has 9 atom stereocenters. The van der Waals surface area contributed by atoms with Gasteiger partial charge in [-0.05, 0) is 68.6 Å². The number of amides is 7. The highest BCUT2D eigenvalue weighted by molar-refractivity contribution is 5.97. The van der Waals surface area contributed by atoms with Gasteiger partial charge in [0.25, 0.3) is 0 Å².